The molecule has 0 aliphatic carbocycles. The molecule has 4 heteroatoms. The van der Waals surface area contributed by atoms with Crippen LogP contribution in [0.4, 0.5) is 11.4 Å². The Kier molecular flexibility index (Phi) is 6.66. The standard InChI is InChI=1S/C13H20N2O.ClH/c1-9(2)10(3)8-13(16)15-12-7-5-4-6-11(12)14;/h4-7,9-10H,8,14H2,1-3H3,(H,15,16);1H. The largest absolute Gasteiger partial charge is 0.397 e. The average Bonchev–Trinajstić information content (AvgIpc) is 2.21. The molecular formula is C13H21ClN2O. The molecule has 17 heavy (non-hydrogen) atoms. The van der Waals surface area contributed by atoms with Crippen LogP contribution in [0.2, 0.25) is 0 Å². The van der Waals surface area contributed by atoms with Crippen LogP contribution in [0, 0.1) is 11.8 Å². The van der Waals surface area contributed by atoms with Gasteiger partial charge in [0.15, 0.2) is 0 Å². The molecule has 1 unspecified atom stereocenters. The number of para-hydroxylation sites is 2. The van der Waals surface area contributed by atoms with E-state index in [9.17, 15) is 4.79 Å². The molecule has 0 radical (unpaired) electrons. The third kappa shape index (κ3) is 5.09. The van der Waals surface area contributed by atoms with Crippen LogP contribution < -0.4 is 11.1 Å². The first-order chi connectivity index (χ1) is 7.50. The molecule has 1 amide bonds. The van der Waals surface area contributed by atoms with E-state index in [1.807, 2.05) is 18.2 Å². The van der Waals surface area contributed by atoms with E-state index in [2.05, 4.69) is 26.1 Å². The van der Waals surface area contributed by atoms with Gasteiger partial charge in [-0.3, -0.25) is 4.79 Å². The summed E-state index contributed by atoms with van der Waals surface area (Å²) in [5.41, 5.74) is 7.05. The van der Waals surface area contributed by atoms with Gasteiger partial charge in [-0.2, -0.15) is 0 Å². The summed E-state index contributed by atoms with van der Waals surface area (Å²) in [5, 5.41) is 2.83. The Morgan fingerprint density at radius 3 is 2.41 bits per heavy atom. The summed E-state index contributed by atoms with van der Waals surface area (Å²) in [4.78, 5) is 11.7. The van der Waals surface area contributed by atoms with Crippen LogP contribution in [0.5, 0.6) is 0 Å². The lowest BCUT2D eigenvalue weighted by Gasteiger charge is -2.15. The first-order valence-electron chi connectivity index (χ1n) is 5.65. The highest BCUT2D eigenvalue weighted by atomic mass is 35.5. The Hall–Kier alpha value is -1.22. The molecule has 96 valence electrons. The second kappa shape index (κ2) is 7.17. The zero-order chi connectivity index (χ0) is 12.1. The topological polar surface area (TPSA) is 55.1 Å². The normalized spacial score (nSPS) is 11.8. The molecule has 0 heterocycles. The second-order valence-corrected chi connectivity index (χ2v) is 4.56. The van der Waals surface area contributed by atoms with Gasteiger partial charge in [-0.25, -0.2) is 0 Å². The van der Waals surface area contributed by atoms with Crippen molar-refractivity contribution >= 4 is 29.7 Å². The van der Waals surface area contributed by atoms with E-state index < -0.39 is 0 Å². The van der Waals surface area contributed by atoms with E-state index in [4.69, 9.17) is 5.73 Å². The van der Waals surface area contributed by atoms with Crippen LogP contribution in [0.15, 0.2) is 24.3 Å². The lowest BCUT2D eigenvalue weighted by Crippen LogP contribution is -2.18. The van der Waals surface area contributed by atoms with Crippen molar-refractivity contribution in [3.8, 4) is 0 Å². The highest BCUT2D eigenvalue weighted by Crippen LogP contribution is 2.19. The van der Waals surface area contributed by atoms with Gasteiger partial charge in [-0.05, 0) is 24.0 Å². The highest BCUT2D eigenvalue weighted by Gasteiger charge is 2.13. The minimum Gasteiger partial charge on any atom is -0.397 e. The van der Waals surface area contributed by atoms with E-state index >= 15 is 0 Å². The summed E-state index contributed by atoms with van der Waals surface area (Å²) in [5.74, 6) is 0.919. The second-order valence-electron chi connectivity index (χ2n) is 4.56. The first-order valence-corrected chi connectivity index (χ1v) is 5.65. The highest BCUT2D eigenvalue weighted by molar-refractivity contribution is 5.93. The molecule has 0 aromatic heterocycles. The Bertz CT molecular complexity index is 366. The molecule has 1 aromatic carbocycles. The van der Waals surface area contributed by atoms with Crippen LogP contribution in [-0.2, 0) is 4.79 Å². The first kappa shape index (κ1) is 15.8. The Labute approximate surface area is 109 Å². The number of nitrogens with one attached hydrogen (secondary N) is 1. The summed E-state index contributed by atoms with van der Waals surface area (Å²) in [6.07, 6.45) is 0.534. The van der Waals surface area contributed by atoms with E-state index in [1.54, 1.807) is 6.07 Å². The van der Waals surface area contributed by atoms with Gasteiger partial charge in [0.05, 0.1) is 11.4 Å². The number of nitrogen functional groups attached to an aromatic ring is 1. The number of benzene rings is 1. The zero-order valence-corrected chi connectivity index (χ0v) is 11.4. The van der Waals surface area contributed by atoms with E-state index in [1.165, 1.54) is 0 Å². The smallest absolute Gasteiger partial charge is 0.224 e. The molecule has 0 fully saturated rings. The molecule has 0 aliphatic heterocycles. The average molecular weight is 257 g/mol. The van der Waals surface area contributed by atoms with Crippen molar-refractivity contribution in [1.29, 1.82) is 0 Å². The van der Waals surface area contributed by atoms with E-state index in [-0.39, 0.29) is 18.3 Å². The Morgan fingerprint density at radius 1 is 1.29 bits per heavy atom. The molecule has 3 N–H and O–H groups in total. The van der Waals surface area contributed by atoms with Gasteiger partial charge >= 0.3 is 0 Å². The minimum absolute atomic E-state index is 0. The third-order valence-electron chi connectivity index (χ3n) is 2.88. The quantitative estimate of drug-likeness (QED) is 0.812. The monoisotopic (exact) mass is 256 g/mol. The van der Waals surface area contributed by atoms with Gasteiger partial charge in [0.25, 0.3) is 0 Å². The molecule has 3 nitrogen and oxygen atoms in total. The number of halogens is 1. The predicted molar refractivity (Wildman–Crippen MR) is 75.4 cm³/mol. The summed E-state index contributed by atoms with van der Waals surface area (Å²) in [7, 11) is 0. The van der Waals surface area contributed by atoms with Crippen LogP contribution in [0.1, 0.15) is 27.2 Å². The Morgan fingerprint density at radius 2 is 1.88 bits per heavy atom. The molecule has 1 rings (SSSR count). The molecule has 0 spiro atoms. The van der Waals surface area contributed by atoms with Gasteiger partial charge < -0.3 is 11.1 Å². The fourth-order valence-electron chi connectivity index (χ4n) is 1.34. The summed E-state index contributed by atoms with van der Waals surface area (Å²) in [6.45, 7) is 6.32. The fourth-order valence-corrected chi connectivity index (χ4v) is 1.34. The van der Waals surface area contributed by atoms with Crippen molar-refractivity contribution in [2.75, 3.05) is 11.1 Å². The number of hydrogen-bond donors (Lipinski definition) is 2. The van der Waals surface area contributed by atoms with Crippen molar-refractivity contribution < 1.29 is 4.79 Å². The lowest BCUT2D eigenvalue weighted by atomic mass is 9.94. The number of carbonyl (C=O) groups excluding carboxylic acids is 1. The molecule has 0 saturated carbocycles. The summed E-state index contributed by atoms with van der Waals surface area (Å²) >= 11 is 0. The third-order valence-corrected chi connectivity index (χ3v) is 2.88. The fraction of sp³-hybridized carbons (Fsp3) is 0.462. The maximum Gasteiger partial charge on any atom is 0.224 e. The number of amides is 1. The number of carbonyl (C=O) groups is 1. The maximum absolute atomic E-state index is 11.7. The van der Waals surface area contributed by atoms with E-state index in [0.29, 0.717) is 29.6 Å². The van der Waals surface area contributed by atoms with Crippen molar-refractivity contribution in [2.45, 2.75) is 27.2 Å². The molecule has 1 atom stereocenters. The predicted octanol–water partition coefficient (Wildman–Crippen LogP) is 3.31. The van der Waals surface area contributed by atoms with Gasteiger partial charge in [0.2, 0.25) is 5.91 Å². The van der Waals surface area contributed by atoms with Crippen molar-refractivity contribution in [3.05, 3.63) is 24.3 Å². The SMILES string of the molecule is CC(C)C(C)CC(=O)Nc1ccccc1N.Cl. The number of hydrogen-bond acceptors (Lipinski definition) is 2. The molecule has 0 saturated heterocycles. The van der Waals surface area contributed by atoms with Crippen LogP contribution in [0.25, 0.3) is 0 Å². The number of nitrogens with two attached hydrogens (primary N) is 1. The number of rotatable bonds is 4. The van der Waals surface area contributed by atoms with Crippen molar-refractivity contribution in [1.82, 2.24) is 0 Å². The zero-order valence-electron chi connectivity index (χ0n) is 10.6. The van der Waals surface area contributed by atoms with Crippen molar-refractivity contribution in [3.63, 3.8) is 0 Å². The van der Waals surface area contributed by atoms with Gasteiger partial charge in [-0.1, -0.05) is 32.9 Å². The molecule has 0 bridgehead atoms. The Balaban J connectivity index is 0.00000256. The van der Waals surface area contributed by atoms with Crippen LogP contribution in [0.3, 0.4) is 0 Å². The van der Waals surface area contributed by atoms with Gasteiger partial charge in [0, 0.05) is 6.42 Å². The summed E-state index contributed by atoms with van der Waals surface area (Å²) in [6, 6.07) is 7.30. The van der Waals surface area contributed by atoms with E-state index in [0.717, 1.165) is 0 Å². The maximum atomic E-state index is 11.7. The van der Waals surface area contributed by atoms with Gasteiger partial charge in [0.1, 0.15) is 0 Å². The lowest BCUT2D eigenvalue weighted by molar-refractivity contribution is -0.117. The van der Waals surface area contributed by atoms with Gasteiger partial charge in [-0.15, -0.1) is 12.4 Å². The minimum atomic E-state index is 0. The molecular weight excluding hydrogens is 236 g/mol. The molecule has 1 aromatic rings. The summed E-state index contributed by atoms with van der Waals surface area (Å²) < 4.78 is 0. The molecule has 0 aliphatic rings. The van der Waals surface area contributed by atoms with Crippen molar-refractivity contribution in [2.24, 2.45) is 11.8 Å². The van der Waals surface area contributed by atoms with Crippen LogP contribution in [-0.4, -0.2) is 5.91 Å². The number of anilines is 2. The van der Waals surface area contributed by atoms with Crippen LogP contribution >= 0.6 is 12.4 Å².